The fourth-order valence-electron chi connectivity index (χ4n) is 2.46. The molecule has 3 rings (SSSR count). The molecule has 18 heavy (non-hydrogen) atoms. The number of fused-ring (bicyclic) bond motifs is 1. The van der Waals surface area contributed by atoms with E-state index < -0.39 is 0 Å². The molecule has 0 aliphatic heterocycles. The Balaban J connectivity index is 2.02. The number of hydrogen-bond acceptors (Lipinski definition) is 4. The normalized spacial score (nSPS) is 18.6. The van der Waals surface area contributed by atoms with Gasteiger partial charge in [0, 0.05) is 16.5 Å². The van der Waals surface area contributed by atoms with Gasteiger partial charge in [-0.05, 0) is 38.4 Å². The largest absolute Gasteiger partial charge is 0.508 e. The first-order valence-corrected chi connectivity index (χ1v) is 7.06. The number of aryl methyl sites for hydroxylation is 1. The number of aromatic hydroxyl groups is 1. The predicted octanol–water partition coefficient (Wildman–Crippen LogP) is 3.11. The summed E-state index contributed by atoms with van der Waals surface area (Å²) in [4.78, 5) is 6.09. The van der Waals surface area contributed by atoms with Crippen LogP contribution in [-0.4, -0.2) is 17.1 Å². The lowest BCUT2D eigenvalue weighted by molar-refractivity contribution is 0.475. The van der Waals surface area contributed by atoms with Crippen LogP contribution in [0.25, 0.3) is 10.6 Å². The molecule has 2 aromatic rings. The van der Waals surface area contributed by atoms with Crippen molar-refractivity contribution in [3.63, 3.8) is 0 Å². The van der Waals surface area contributed by atoms with Crippen molar-refractivity contribution in [2.45, 2.75) is 25.3 Å². The number of thiazole rings is 1. The van der Waals surface area contributed by atoms with Gasteiger partial charge in [-0.25, -0.2) is 4.98 Å². The molecule has 3 nitrogen and oxygen atoms in total. The van der Waals surface area contributed by atoms with Gasteiger partial charge in [0.15, 0.2) is 0 Å². The van der Waals surface area contributed by atoms with E-state index in [2.05, 4.69) is 5.32 Å². The Bertz CT molecular complexity index is 565. The summed E-state index contributed by atoms with van der Waals surface area (Å²) < 4.78 is 0. The summed E-state index contributed by atoms with van der Waals surface area (Å²) in [6.07, 6.45) is 3.45. The number of phenols is 1. The first-order valence-electron chi connectivity index (χ1n) is 6.24. The average molecular weight is 260 g/mol. The molecule has 1 aliphatic carbocycles. The van der Waals surface area contributed by atoms with Crippen molar-refractivity contribution in [2.75, 3.05) is 7.05 Å². The van der Waals surface area contributed by atoms with Crippen molar-refractivity contribution in [1.82, 2.24) is 10.3 Å². The van der Waals surface area contributed by atoms with Gasteiger partial charge < -0.3 is 10.4 Å². The van der Waals surface area contributed by atoms with Crippen molar-refractivity contribution >= 4 is 11.3 Å². The van der Waals surface area contributed by atoms with Crippen LogP contribution in [0.3, 0.4) is 0 Å². The molecule has 0 spiro atoms. The van der Waals surface area contributed by atoms with Gasteiger partial charge in [0.1, 0.15) is 10.8 Å². The molecular weight excluding hydrogens is 244 g/mol. The van der Waals surface area contributed by atoms with Gasteiger partial charge in [-0.2, -0.15) is 0 Å². The Morgan fingerprint density at radius 2 is 2.33 bits per heavy atom. The van der Waals surface area contributed by atoms with E-state index in [1.54, 1.807) is 23.5 Å². The summed E-state index contributed by atoms with van der Waals surface area (Å²) in [5.74, 6) is 0.297. The van der Waals surface area contributed by atoms with E-state index in [-0.39, 0.29) is 0 Å². The first kappa shape index (κ1) is 11.7. The van der Waals surface area contributed by atoms with E-state index in [1.165, 1.54) is 23.4 Å². The summed E-state index contributed by atoms with van der Waals surface area (Å²) in [6.45, 7) is 0. The minimum Gasteiger partial charge on any atom is -0.508 e. The lowest BCUT2D eigenvalue weighted by Crippen LogP contribution is -2.19. The van der Waals surface area contributed by atoms with Crippen molar-refractivity contribution in [2.24, 2.45) is 0 Å². The third-order valence-corrected chi connectivity index (χ3v) is 4.65. The molecule has 94 valence electrons. The maximum atomic E-state index is 9.54. The molecule has 0 fully saturated rings. The molecule has 1 atom stereocenters. The van der Waals surface area contributed by atoms with E-state index >= 15 is 0 Å². The smallest absolute Gasteiger partial charge is 0.124 e. The topological polar surface area (TPSA) is 45.2 Å². The lowest BCUT2D eigenvalue weighted by atomic mass is 9.98. The highest BCUT2D eigenvalue weighted by atomic mass is 32.1. The van der Waals surface area contributed by atoms with Crippen molar-refractivity contribution in [3.8, 4) is 16.3 Å². The molecule has 0 saturated carbocycles. The van der Waals surface area contributed by atoms with Crippen molar-refractivity contribution in [3.05, 3.63) is 34.8 Å². The fourth-order valence-corrected chi connectivity index (χ4v) is 3.71. The quantitative estimate of drug-likeness (QED) is 0.872. The summed E-state index contributed by atoms with van der Waals surface area (Å²) in [5, 5.41) is 13.9. The van der Waals surface area contributed by atoms with Crippen LogP contribution in [0.2, 0.25) is 0 Å². The third kappa shape index (κ3) is 2.02. The predicted molar refractivity (Wildman–Crippen MR) is 74.0 cm³/mol. The standard InChI is InChI=1S/C14H16N2OS/c1-15-11-6-3-7-12-13(11)18-14(16-12)9-4-2-5-10(17)8-9/h2,4-5,8,11,15,17H,3,6-7H2,1H3. The highest BCUT2D eigenvalue weighted by Gasteiger charge is 2.23. The number of aromatic nitrogens is 1. The van der Waals surface area contributed by atoms with E-state index in [0.717, 1.165) is 17.0 Å². The Morgan fingerprint density at radius 1 is 1.44 bits per heavy atom. The Hall–Kier alpha value is -1.39. The molecule has 1 aromatic carbocycles. The minimum atomic E-state index is 0.297. The van der Waals surface area contributed by atoms with Gasteiger partial charge in [-0.3, -0.25) is 0 Å². The molecule has 0 radical (unpaired) electrons. The second-order valence-corrected chi connectivity index (χ2v) is 5.64. The molecule has 0 saturated heterocycles. The van der Waals surface area contributed by atoms with Gasteiger partial charge in [-0.1, -0.05) is 12.1 Å². The van der Waals surface area contributed by atoms with Crippen LogP contribution < -0.4 is 5.32 Å². The molecule has 1 unspecified atom stereocenters. The summed E-state index contributed by atoms with van der Waals surface area (Å²) >= 11 is 1.75. The Kier molecular flexibility index (Phi) is 3.06. The molecule has 4 heteroatoms. The van der Waals surface area contributed by atoms with Crippen LogP contribution in [0.4, 0.5) is 0 Å². The van der Waals surface area contributed by atoms with Crippen LogP contribution >= 0.6 is 11.3 Å². The number of rotatable bonds is 2. The van der Waals surface area contributed by atoms with E-state index in [9.17, 15) is 5.11 Å². The minimum absolute atomic E-state index is 0.297. The molecule has 1 aromatic heterocycles. The van der Waals surface area contributed by atoms with Gasteiger partial charge >= 0.3 is 0 Å². The Morgan fingerprint density at radius 3 is 3.11 bits per heavy atom. The highest BCUT2D eigenvalue weighted by Crippen LogP contribution is 2.38. The van der Waals surface area contributed by atoms with Gasteiger partial charge in [-0.15, -0.1) is 11.3 Å². The molecule has 2 N–H and O–H groups in total. The number of nitrogens with one attached hydrogen (secondary N) is 1. The number of benzene rings is 1. The van der Waals surface area contributed by atoms with Gasteiger partial charge in [0.05, 0.1) is 5.69 Å². The summed E-state index contributed by atoms with van der Waals surface area (Å²) in [7, 11) is 2.01. The van der Waals surface area contributed by atoms with Gasteiger partial charge in [0.2, 0.25) is 0 Å². The summed E-state index contributed by atoms with van der Waals surface area (Å²) in [6, 6.07) is 7.77. The van der Waals surface area contributed by atoms with E-state index in [0.29, 0.717) is 11.8 Å². The maximum absolute atomic E-state index is 9.54. The number of nitrogens with zero attached hydrogens (tertiary/aromatic N) is 1. The number of phenolic OH excluding ortho intramolecular Hbond substituents is 1. The Labute approximate surface area is 111 Å². The second-order valence-electron chi connectivity index (χ2n) is 4.61. The number of hydrogen-bond donors (Lipinski definition) is 2. The molecule has 1 heterocycles. The van der Waals surface area contributed by atoms with Crippen LogP contribution in [0.5, 0.6) is 5.75 Å². The van der Waals surface area contributed by atoms with Crippen LogP contribution in [0.15, 0.2) is 24.3 Å². The summed E-state index contributed by atoms with van der Waals surface area (Å²) in [5.41, 5.74) is 2.23. The SMILES string of the molecule is CNC1CCCc2nc(-c3cccc(O)c3)sc21. The van der Waals surface area contributed by atoms with Crippen molar-refractivity contribution < 1.29 is 5.11 Å². The van der Waals surface area contributed by atoms with E-state index in [4.69, 9.17) is 4.98 Å². The zero-order chi connectivity index (χ0) is 12.5. The lowest BCUT2D eigenvalue weighted by Gasteiger charge is -2.19. The van der Waals surface area contributed by atoms with Gasteiger partial charge in [0.25, 0.3) is 0 Å². The van der Waals surface area contributed by atoms with E-state index in [1.807, 2.05) is 19.2 Å². The second kappa shape index (κ2) is 4.71. The fraction of sp³-hybridized carbons (Fsp3) is 0.357. The zero-order valence-electron chi connectivity index (χ0n) is 10.3. The molecule has 0 amide bonds. The monoisotopic (exact) mass is 260 g/mol. The molecule has 1 aliphatic rings. The van der Waals surface area contributed by atoms with Crippen molar-refractivity contribution in [1.29, 1.82) is 0 Å². The first-order chi connectivity index (χ1) is 8.78. The maximum Gasteiger partial charge on any atom is 0.124 e. The average Bonchev–Trinajstić information content (AvgIpc) is 2.82. The zero-order valence-corrected chi connectivity index (χ0v) is 11.1. The third-order valence-electron chi connectivity index (χ3n) is 3.39. The van der Waals surface area contributed by atoms with Crippen LogP contribution in [-0.2, 0) is 6.42 Å². The highest BCUT2D eigenvalue weighted by molar-refractivity contribution is 7.15. The molecular formula is C14H16N2OS. The van der Waals surface area contributed by atoms with Crippen LogP contribution in [0, 0.1) is 0 Å². The van der Waals surface area contributed by atoms with Crippen LogP contribution in [0.1, 0.15) is 29.5 Å². The molecule has 0 bridgehead atoms.